The van der Waals surface area contributed by atoms with E-state index in [1.54, 1.807) is 0 Å². The van der Waals surface area contributed by atoms with Gasteiger partial charge in [-0.2, -0.15) is 0 Å². The number of ether oxygens (including phenoxy) is 2. The average molecular weight is 401 g/mol. The van der Waals surface area contributed by atoms with E-state index in [9.17, 15) is 4.79 Å². The minimum atomic E-state index is -0.209. The lowest BCUT2D eigenvalue weighted by molar-refractivity contribution is 0.177. The Morgan fingerprint density at radius 1 is 1.07 bits per heavy atom. The molecule has 1 amide bonds. The molecule has 0 spiro atoms. The Morgan fingerprint density at radius 2 is 1.86 bits per heavy atom. The first-order chi connectivity index (χ1) is 14.2. The van der Waals surface area contributed by atoms with Gasteiger partial charge in [0.1, 0.15) is 12.4 Å². The largest absolute Gasteiger partial charge is 0.494 e. The van der Waals surface area contributed by atoms with Gasteiger partial charge in [-0.3, -0.25) is 4.90 Å². The van der Waals surface area contributed by atoms with E-state index in [0.29, 0.717) is 6.61 Å². The maximum Gasteiger partial charge on any atom is 0.414 e. The van der Waals surface area contributed by atoms with Crippen LogP contribution in [0.1, 0.15) is 64.7 Å². The van der Waals surface area contributed by atoms with Gasteiger partial charge in [-0.05, 0) is 69.3 Å². The van der Waals surface area contributed by atoms with E-state index in [1.807, 2.05) is 29.2 Å². The maximum absolute atomic E-state index is 12.3. The first kappa shape index (κ1) is 20.5. The van der Waals surface area contributed by atoms with Crippen molar-refractivity contribution >= 4 is 11.8 Å². The van der Waals surface area contributed by atoms with Crippen LogP contribution in [-0.2, 0) is 4.74 Å². The molecule has 2 heterocycles. The fraction of sp³-hybridized carbons (Fsp3) is 0.708. The van der Waals surface area contributed by atoms with Crippen molar-refractivity contribution in [1.29, 1.82) is 0 Å². The highest BCUT2D eigenvalue weighted by Gasteiger charge is 2.35. The second kappa shape index (κ2) is 9.84. The van der Waals surface area contributed by atoms with Crippen LogP contribution >= 0.6 is 0 Å². The van der Waals surface area contributed by atoms with E-state index >= 15 is 0 Å². The van der Waals surface area contributed by atoms with Crippen LogP contribution in [0.25, 0.3) is 0 Å². The number of carbonyl (C=O) groups is 1. The molecule has 5 nitrogen and oxygen atoms in total. The summed E-state index contributed by atoms with van der Waals surface area (Å²) in [6.45, 7) is 5.91. The summed E-state index contributed by atoms with van der Waals surface area (Å²) in [5, 5.41) is 0. The monoisotopic (exact) mass is 400 g/mol. The van der Waals surface area contributed by atoms with Crippen LogP contribution < -0.4 is 9.64 Å². The fourth-order valence-corrected chi connectivity index (χ4v) is 5.24. The molecular weight excluding hydrogens is 364 g/mol. The summed E-state index contributed by atoms with van der Waals surface area (Å²) in [5.74, 6) is 1.60. The number of carbonyl (C=O) groups excluding carboxylic acids is 1. The highest BCUT2D eigenvalue weighted by Crippen LogP contribution is 2.33. The van der Waals surface area contributed by atoms with Gasteiger partial charge in [0, 0.05) is 18.3 Å². The molecule has 160 valence electrons. The van der Waals surface area contributed by atoms with Gasteiger partial charge in [0.2, 0.25) is 0 Å². The van der Waals surface area contributed by atoms with Gasteiger partial charge in [-0.15, -0.1) is 0 Å². The maximum atomic E-state index is 12.3. The zero-order valence-electron chi connectivity index (χ0n) is 17.9. The summed E-state index contributed by atoms with van der Waals surface area (Å²) >= 11 is 0. The van der Waals surface area contributed by atoms with E-state index in [-0.39, 0.29) is 12.1 Å². The van der Waals surface area contributed by atoms with E-state index in [4.69, 9.17) is 9.47 Å². The van der Waals surface area contributed by atoms with Gasteiger partial charge >= 0.3 is 6.09 Å². The smallest absolute Gasteiger partial charge is 0.414 e. The lowest BCUT2D eigenvalue weighted by Gasteiger charge is -2.28. The van der Waals surface area contributed by atoms with Crippen molar-refractivity contribution in [2.45, 2.75) is 76.8 Å². The molecule has 29 heavy (non-hydrogen) atoms. The molecular formula is C24H36N2O3. The van der Waals surface area contributed by atoms with Crippen LogP contribution in [0.2, 0.25) is 0 Å². The van der Waals surface area contributed by atoms with Crippen molar-refractivity contribution in [1.82, 2.24) is 4.90 Å². The first-order valence-corrected chi connectivity index (χ1v) is 11.6. The molecule has 2 saturated heterocycles. The normalized spacial score (nSPS) is 26.1. The third kappa shape index (κ3) is 5.25. The Balaban J connectivity index is 1.27. The van der Waals surface area contributed by atoms with E-state index in [2.05, 4.69) is 11.8 Å². The molecule has 1 aromatic rings. The Morgan fingerprint density at radius 3 is 2.59 bits per heavy atom. The Kier molecular flexibility index (Phi) is 6.96. The third-order valence-electron chi connectivity index (χ3n) is 6.96. The average Bonchev–Trinajstić information content (AvgIpc) is 3.32. The van der Waals surface area contributed by atoms with Crippen molar-refractivity contribution in [3.05, 3.63) is 24.3 Å². The summed E-state index contributed by atoms with van der Waals surface area (Å²) < 4.78 is 11.3. The lowest BCUT2D eigenvalue weighted by Crippen LogP contribution is -2.35. The predicted molar refractivity (Wildman–Crippen MR) is 116 cm³/mol. The highest BCUT2D eigenvalue weighted by molar-refractivity contribution is 5.90. The molecule has 0 N–H and O–H groups in total. The summed E-state index contributed by atoms with van der Waals surface area (Å²) in [6.07, 6.45) is 11.1. The second-order valence-corrected chi connectivity index (χ2v) is 9.06. The Hall–Kier alpha value is -1.75. The van der Waals surface area contributed by atoms with Crippen LogP contribution in [0.4, 0.5) is 10.5 Å². The lowest BCUT2D eigenvalue weighted by atomic mass is 9.84. The molecule has 0 bridgehead atoms. The molecule has 0 aromatic heterocycles. The molecule has 4 rings (SSSR count). The topological polar surface area (TPSA) is 42.0 Å². The third-order valence-corrected chi connectivity index (χ3v) is 6.96. The standard InChI is InChI=1S/C24H36N2O3/c1-19-7-5-14-25(19)15-6-16-28-23-12-10-21(11-13-23)26-22(18-29-24(26)27)17-20-8-3-2-4-9-20/h10-13,19-20,22H,2-9,14-18H2,1H3/t19?,22-/m1/s1. The molecule has 1 aliphatic carbocycles. The van der Waals surface area contributed by atoms with E-state index in [1.165, 1.54) is 51.5 Å². The van der Waals surface area contributed by atoms with Crippen LogP contribution in [-0.4, -0.2) is 49.4 Å². The van der Waals surface area contributed by atoms with Crippen LogP contribution in [0, 0.1) is 5.92 Å². The van der Waals surface area contributed by atoms with Crippen molar-refractivity contribution < 1.29 is 14.3 Å². The SMILES string of the molecule is CC1CCCN1CCCOc1ccc(N2C(=O)OC[C@H]2CC2CCCCC2)cc1. The molecule has 1 aromatic carbocycles. The van der Waals surface area contributed by atoms with Crippen molar-refractivity contribution in [2.24, 2.45) is 5.92 Å². The number of rotatable bonds is 8. The van der Waals surface area contributed by atoms with Crippen LogP contribution in [0.3, 0.4) is 0 Å². The van der Waals surface area contributed by atoms with Gasteiger partial charge in [0.15, 0.2) is 0 Å². The van der Waals surface area contributed by atoms with Crippen molar-refractivity contribution in [2.75, 3.05) is 31.2 Å². The number of benzene rings is 1. The molecule has 5 heteroatoms. The number of cyclic esters (lactones) is 1. The van der Waals surface area contributed by atoms with Crippen molar-refractivity contribution in [3.8, 4) is 5.75 Å². The van der Waals surface area contributed by atoms with Gasteiger partial charge < -0.3 is 14.4 Å². The fourth-order valence-electron chi connectivity index (χ4n) is 5.24. The molecule has 1 saturated carbocycles. The number of hydrogen-bond acceptors (Lipinski definition) is 4. The molecule has 0 radical (unpaired) electrons. The highest BCUT2D eigenvalue weighted by atomic mass is 16.6. The molecule has 3 fully saturated rings. The minimum absolute atomic E-state index is 0.166. The van der Waals surface area contributed by atoms with Gasteiger partial charge in [0.05, 0.1) is 12.6 Å². The Labute approximate surface area is 175 Å². The molecule has 3 aliphatic rings. The summed E-state index contributed by atoms with van der Waals surface area (Å²) in [6, 6.07) is 8.85. The summed E-state index contributed by atoms with van der Waals surface area (Å²) in [7, 11) is 0. The van der Waals surface area contributed by atoms with Crippen LogP contribution in [0.15, 0.2) is 24.3 Å². The Bertz CT molecular complexity index is 657. The zero-order chi connectivity index (χ0) is 20.1. The van der Waals surface area contributed by atoms with E-state index in [0.717, 1.165) is 49.4 Å². The summed E-state index contributed by atoms with van der Waals surface area (Å²) in [5.41, 5.74) is 0.923. The predicted octanol–water partition coefficient (Wildman–Crippen LogP) is 5.24. The zero-order valence-corrected chi connectivity index (χ0v) is 17.9. The second-order valence-electron chi connectivity index (χ2n) is 9.06. The number of hydrogen-bond donors (Lipinski definition) is 0. The number of amides is 1. The number of likely N-dealkylation sites (tertiary alicyclic amines) is 1. The quantitative estimate of drug-likeness (QED) is 0.560. The van der Waals surface area contributed by atoms with Gasteiger partial charge in [0.25, 0.3) is 0 Å². The molecule has 1 unspecified atom stereocenters. The number of nitrogens with zero attached hydrogens (tertiary/aromatic N) is 2. The minimum Gasteiger partial charge on any atom is -0.494 e. The molecule has 2 atom stereocenters. The van der Waals surface area contributed by atoms with E-state index < -0.39 is 0 Å². The van der Waals surface area contributed by atoms with Gasteiger partial charge in [-0.1, -0.05) is 32.1 Å². The van der Waals surface area contributed by atoms with Gasteiger partial charge in [-0.25, -0.2) is 4.79 Å². The first-order valence-electron chi connectivity index (χ1n) is 11.6. The summed E-state index contributed by atoms with van der Waals surface area (Å²) in [4.78, 5) is 16.8. The van der Waals surface area contributed by atoms with Crippen molar-refractivity contribution in [3.63, 3.8) is 0 Å². The van der Waals surface area contributed by atoms with Crippen LogP contribution in [0.5, 0.6) is 5.75 Å². The molecule has 2 aliphatic heterocycles. The number of anilines is 1.